The number of ether oxygens (including phenoxy) is 1. The van der Waals surface area contributed by atoms with Gasteiger partial charge in [-0.25, -0.2) is 0 Å². The average Bonchev–Trinajstić information content (AvgIpc) is 2.02. The number of hydrogen-bond acceptors (Lipinski definition) is 2. The minimum atomic E-state index is 0.421. The van der Waals surface area contributed by atoms with E-state index in [2.05, 4.69) is 22.5 Å². The van der Waals surface area contributed by atoms with Gasteiger partial charge in [0, 0.05) is 5.02 Å². The Bertz CT molecular complexity index is 304. The smallest absolute Gasteiger partial charge is 0.156 e. The van der Waals surface area contributed by atoms with E-state index in [1.807, 2.05) is 0 Å². The van der Waals surface area contributed by atoms with Crippen molar-refractivity contribution in [3.63, 3.8) is 0 Å². The maximum atomic E-state index is 5.77. The van der Waals surface area contributed by atoms with Gasteiger partial charge < -0.3 is 10.5 Å². The zero-order valence-electron chi connectivity index (χ0n) is 6.89. The van der Waals surface area contributed by atoms with Crippen LogP contribution in [-0.4, -0.2) is 6.61 Å². The SMILES string of the molecule is C=CCOc1c(N)cc(Cl)cc1Br. The second-order valence-electron chi connectivity index (χ2n) is 2.41. The summed E-state index contributed by atoms with van der Waals surface area (Å²) in [6.45, 7) is 3.97. The zero-order chi connectivity index (χ0) is 9.84. The van der Waals surface area contributed by atoms with Crippen molar-refractivity contribution in [2.45, 2.75) is 0 Å². The molecule has 0 fully saturated rings. The minimum absolute atomic E-state index is 0.421. The fraction of sp³-hybridized carbons (Fsp3) is 0.111. The van der Waals surface area contributed by atoms with Gasteiger partial charge in [-0.2, -0.15) is 0 Å². The highest BCUT2D eigenvalue weighted by atomic mass is 79.9. The summed E-state index contributed by atoms with van der Waals surface area (Å²) in [5, 5.41) is 0.579. The Hall–Kier alpha value is -0.670. The summed E-state index contributed by atoms with van der Waals surface area (Å²) >= 11 is 9.07. The van der Waals surface area contributed by atoms with Crippen molar-refractivity contribution in [2.75, 3.05) is 12.3 Å². The molecule has 2 N–H and O–H groups in total. The highest BCUT2D eigenvalue weighted by molar-refractivity contribution is 9.10. The molecule has 0 aliphatic rings. The van der Waals surface area contributed by atoms with Crippen LogP contribution < -0.4 is 10.5 Å². The monoisotopic (exact) mass is 261 g/mol. The van der Waals surface area contributed by atoms with Crippen molar-refractivity contribution in [3.05, 3.63) is 34.3 Å². The average molecular weight is 263 g/mol. The van der Waals surface area contributed by atoms with Gasteiger partial charge in [-0.3, -0.25) is 0 Å². The second kappa shape index (κ2) is 4.53. The third-order valence-corrected chi connectivity index (χ3v) is 2.19. The number of hydrogen-bond donors (Lipinski definition) is 1. The second-order valence-corrected chi connectivity index (χ2v) is 3.70. The molecular weight excluding hydrogens is 253 g/mol. The first kappa shape index (κ1) is 10.4. The van der Waals surface area contributed by atoms with Crippen LogP contribution in [0.4, 0.5) is 5.69 Å². The molecule has 4 heteroatoms. The van der Waals surface area contributed by atoms with Gasteiger partial charge in [-0.1, -0.05) is 24.3 Å². The lowest BCUT2D eigenvalue weighted by atomic mass is 10.3. The van der Waals surface area contributed by atoms with Gasteiger partial charge in [0.25, 0.3) is 0 Å². The first-order valence-corrected chi connectivity index (χ1v) is 4.80. The first-order valence-electron chi connectivity index (χ1n) is 3.63. The predicted molar refractivity (Wildman–Crippen MR) is 59.3 cm³/mol. The van der Waals surface area contributed by atoms with E-state index >= 15 is 0 Å². The third-order valence-electron chi connectivity index (χ3n) is 1.38. The van der Waals surface area contributed by atoms with E-state index in [1.54, 1.807) is 18.2 Å². The molecule has 1 aromatic rings. The number of nitrogens with two attached hydrogens (primary N) is 1. The summed E-state index contributed by atoms with van der Waals surface area (Å²) in [6.07, 6.45) is 1.65. The predicted octanol–water partition coefficient (Wildman–Crippen LogP) is 3.25. The van der Waals surface area contributed by atoms with E-state index in [1.165, 1.54) is 0 Å². The van der Waals surface area contributed by atoms with Crippen molar-refractivity contribution < 1.29 is 4.74 Å². The summed E-state index contributed by atoms with van der Waals surface area (Å²) in [7, 11) is 0. The minimum Gasteiger partial charge on any atom is -0.486 e. The van der Waals surface area contributed by atoms with Crippen molar-refractivity contribution in [2.24, 2.45) is 0 Å². The molecule has 0 aromatic heterocycles. The first-order chi connectivity index (χ1) is 6.15. The quantitative estimate of drug-likeness (QED) is 0.670. The van der Waals surface area contributed by atoms with E-state index in [9.17, 15) is 0 Å². The zero-order valence-corrected chi connectivity index (χ0v) is 9.23. The molecule has 0 spiro atoms. The number of rotatable bonds is 3. The summed E-state index contributed by atoms with van der Waals surface area (Å²) in [4.78, 5) is 0. The van der Waals surface area contributed by atoms with Gasteiger partial charge in [-0.15, -0.1) is 0 Å². The summed E-state index contributed by atoms with van der Waals surface area (Å²) in [5.74, 6) is 0.601. The molecule has 70 valence electrons. The Labute approximate surface area is 90.5 Å². The summed E-state index contributed by atoms with van der Waals surface area (Å²) in [5.41, 5.74) is 6.20. The Morgan fingerprint density at radius 3 is 2.85 bits per heavy atom. The fourth-order valence-electron chi connectivity index (χ4n) is 0.875. The van der Waals surface area contributed by atoms with E-state index in [4.69, 9.17) is 22.1 Å². The van der Waals surface area contributed by atoms with Gasteiger partial charge in [-0.05, 0) is 28.1 Å². The van der Waals surface area contributed by atoms with Crippen LogP contribution in [0.1, 0.15) is 0 Å². The molecule has 13 heavy (non-hydrogen) atoms. The number of anilines is 1. The van der Waals surface area contributed by atoms with Gasteiger partial charge in [0.05, 0.1) is 10.2 Å². The van der Waals surface area contributed by atoms with Crippen LogP contribution in [0, 0.1) is 0 Å². The van der Waals surface area contributed by atoms with E-state index < -0.39 is 0 Å². The molecule has 0 unspecified atom stereocenters. The lowest BCUT2D eigenvalue weighted by Crippen LogP contribution is -1.98. The molecular formula is C9H9BrClNO. The van der Waals surface area contributed by atoms with Gasteiger partial charge in [0.2, 0.25) is 0 Å². The molecule has 0 saturated carbocycles. The van der Waals surface area contributed by atoms with Gasteiger partial charge in [0.15, 0.2) is 5.75 Å². The van der Waals surface area contributed by atoms with Crippen LogP contribution in [0.25, 0.3) is 0 Å². The molecule has 0 amide bonds. The Kier molecular flexibility index (Phi) is 3.63. The lowest BCUT2D eigenvalue weighted by molar-refractivity contribution is 0.363. The molecule has 0 saturated heterocycles. The number of halogens is 2. The Morgan fingerprint density at radius 1 is 1.62 bits per heavy atom. The molecule has 0 heterocycles. The highest BCUT2D eigenvalue weighted by Crippen LogP contribution is 2.34. The van der Waals surface area contributed by atoms with E-state index in [-0.39, 0.29) is 0 Å². The molecule has 0 aliphatic heterocycles. The molecule has 0 radical (unpaired) electrons. The van der Waals surface area contributed by atoms with Crippen molar-refractivity contribution >= 4 is 33.2 Å². The maximum Gasteiger partial charge on any atom is 0.156 e. The highest BCUT2D eigenvalue weighted by Gasteiger charge is 2.06. The molecule has 0 aliphatic carbocycles. The third kappa shape index (κ3) is 2.64. The van der Waals surface area contributed by atoms with Crippen LogP contribution in [0.15, 0.2) is 29.3 Å². The van der Waals surface area contributed by atoms with Gasteiger partial charge >= 0.3 is 0 Å². The topological polar surface area (TPSA) is 35.2 Å². The normalized spacial score (nSPS) is 9.69. The summed E-state index contributed by atoms with van der Waals surface area (Å²) < 4.78 is 6.07. The molecule has 1 rings (SSSR count). The van der Waals surface area contributed by atoms with Crippen LogP contribution >= 0.6 is 27.5 Å². The standard InChI is InChI=1S/C9H9BrClNO/c1-2-3-13-9-7(10)4-6(11)5-8(9)12/h2,4-5H,1,3,12H2. The Morgan fingerprint density at radius 2 is 2.31 bits per heavy atom. The van der Waals surface area contributed by atoms with Crippen molar-refractivity contribution in [1.82, 2.24) is 0 Å². The fourth-order valence-corrected chi connectivity index (χ4v) is 1.82. The van der Waals surface area contributed by atoms with Crippen LogP contribution in [-0.2, 0) is 0 Å². The molecule has 2 nitrogen and oxygen atoms in total. The van der Waals surface area contributed by atoms with Crippen LogP contribution in [0.3, 0.4) is 0 Å². The summed E-state index contributed by atoms with van der Waals surface area (Å²) in [6, 6.07) is 3.38. The molecule has 0 bridgehead atoms. The van der Waals surface area contributed by atoms with Crippen LogP contribution in [0.5, 0.6) is 5.75 Å². The van der Waals surface area contributed by atoms with Crippen LogP contribution in [0.2, 0.25) is 5.02 Å². The largest absolute Gasteiger partial charge is 0.486 e. The van der Waals surface area contributed by atoms with Crippen molar-refractivity contribution in [3.8, 4) is 5.75 Å². The number of benzene rings is 1. The maximum absolute atomic E-state index is 5.77. The van der Waals surface area contributed by atoms with E-state index in [0.29, 0.717) is 23.1 Å². The lowest BCUT2D eigenvalue weighted by Gasteiger charge is -2.09. The van der Waals surface area contributed by atoms with E-state index in [0.717, 1.165) is 4.47 Å². The Balaban J connectivity index is 2.98. The molecule has 0 atom stereocenters. The number of nitrogen functional groups attached to an aromatic ring is 1. The van der Waals surface area contributed by atoms with Crippen molar-refractivity contribution in [1.29, 1.82) is 0 Å². The van der Waals surface area contributed by atoms with Gasteiger partial charge in [0.1, 0.15) is 6.61 Å². The molecule has 1 aromatic carbocycles.